The molecule has 1 fully saturated rings. The molecule has 4 aromatic rings. The normalized spacial score (nSPS) is 15.6. The Labute approximate surface area is 204 Å². The zero-order valence-electron chi connectivity index (χ0n) is 19.6. The van der Waals surface area contributed by atoms with Crippen LogP contribution in [0.4, 0.5) is 5.82 Å². The van der Waals surface area contributed by atoms with Crippen LogP contribution in [-0.4, -0.2) is 37.0 Å². The van der Waals surface area contributed by atoms with Gasteiger partial charge in [-0.05, 0) is 43.4 Å². The predicted octanol–water partition coefficient (Wildman–Crippen LogP) is 4.63. The lowest BCUT2D eigenvalue weighted by molar-refractivity contribution is -0.352. The highest BCUT2D eigenvalue weighted by Crippen LogP contribution is 2.34. The summed E-state index contributed by atoms with van der Waals surface area (Å²) in [6.07, 6.45) is 4.18. The van der Waals surface area contributed by atoms with E-state index < -0.39 is 0 Å². The number of carbonyl (C=O) groups excluding carboxylic acids is 1. The van der Waals surface area contributed by atoms with Gasteiger partial charge in [-0.2, -0.15) is 5.26 Å². The Balaban J connectivity index is 1.29. The van der Waals surface area contributed by atoms with Gasteiger partial charge in [0.25, 0.3) is 11.7 Å². The van der Waals surface area contributed by atoms with Gasteiger partial charge in [0, 0.05) is 16.5 Å². The number of piperazine rings is 1. The van der Waals surface area contributed by atoms with Crippen molar-refractivity contribution in [2.45, 2.75) is 25.7 Å². The third-order valence-corrected chi connectivity index (χ3v) is 7.25. The summed E-state index contributed by atoms with van der Waals surface area (Å²) in [6.45, 7) is 2.47. The lowest BCUT2D eigenvalue weighted by atomic mass is 9.86. The van der Waals surface area contributed by atoms with E-state index in [-0.39, 0.29) is 5.91 Å². The molecule has 0 saturated carbocycles. The third kappa shape index (κ3) is 3.83. The van der Waals surface area contributed by atoms with Crippen molar-refractivity contribution in [1.82, 2.24) is 4.90 Å². The lowest BCUT2D eigenvalue weighted by Crippen LogP contribution is -2.50. The predicted molar refractivity (Wildman–Crippen MR) is 134 cm³/mol. The van der Waals surface area contributed by atoms with Crippen LogP contribution < -0.4 is 9.88 Å². The Hall–Kier alpha value is -4.11. The molecule has 6 rings (SSSR count). The summed E-state index contributed by atoms with van der Waals surface area (Å²) in [5.74, 6) is 1.17. The van der Waals surface area contributed by atoms with Crippen molar-refractivity contribution in [3.63, 3.8) is 0 Å². The van der Waals surface area contributed by atoms with E-state index in [1.54, 1.807) is 0 Å². The Bertz CT molecular complexity index is 1410. The molecule has 1 aliphatic carbocycles. The van der Waals surface area contributed by atoms with E-state index in [0.29, 0.717) is 31.9 Å². The van der Waals surface area contributed by atoms with Gasteiger partial charge in [-0.3, -0.25) is 9.69 Å². The summed E-state index contributed by atoms with van der Waals surface area (Å²) in [6, 6.07) is 22.4. The van der Waals surface area contributed by atoms with E-state index in [1.165, 1.54) is 11.1 Å². The van der Waals surface area contributed by atoms with Crippen molar-refractivity contribution in [2.24, 2.45) is 0 Å². The number of anilines is 1. The SMILES string of the molecule is N#Cc1c(N2CCN(C(=O)c3cc4ccccc4o3)CC2)[nH+]c(-c2ccccc2)c2c1CCCC2. The number of fused-ring (bicyclic) bond motifs is 2. The second kappa shape index (κ2) is 8.92. The number of hydrogen-bond donors (Lipinski definition) is 0. The molecule has 2 aliphatic rings. The lowest BCUT2D eigenvalue weighted by Gasteiger charge is -2.31. The number of benzene rings is 2. The second-order valence-electron chi connectivity index (χ2n) is 9.29. The molecule has 2 aromatic carbocycles. The number of para-hydroxylation sites is 1. The molecule has 0 atom stereocenters. The van der Waals surface area contributed by atoms with Gasteiger partial charge < -0.3 is 9.32 Å². The van der Waals surface area contributed by atoms with E-state index in [2.05, 4.69) is 40.2 Å². The molecular formula is C29H27N4O2+. The van der Waals surface area contributed by atoms with Gasteiger partial charge in [0.1, 0.15) is 36.0 Å². The van der Waals surface area contributed by atoms with Crippen LogP contribution in [0.2, 0.25) is 0 Å². The number of amides is 1. The summed E-state index contributed by atoms with van der Waals surface area (Å²) in [5, 5.41) is 11.1. The summed E-state index contributed by atoms with van der Waals surface area (Å²) in [5.41, 5.74) is 6.22. The molecule has 0 bridgehead atoms. The molecule has 35 heavy (non-hydrogen) atoms. The molecule has 174 valence electrons. The minimum absolute atomic E-state index is 0.0826. The number of nitrogens with one attached hydrogen (secondary N) is 1. The van der Waals surface area contributed by atoms with Crippen LogP contribution in [0.1, 0.15) is 40.1 Å². The van der Waals surface area contributed by atoms with Crippen LogP contribution in [0, 0.1) is 11.3 Å². The van der Waals surface area contributed by atoms with Gasteiger partial charge in [0.2, 0.25) is 0 Å². The number of aromatic nitrogens is 1. The van der Waals surface area contributed by atoms with Gasteiger partial charge in [-0.25, -0.2) is 4.98 Å². The number of nitriles is 1. The van der Waals surface area contributed by atoms with Crippen molar-refractivity contribution in [3.05, 3.63) is 83.1 Å². The van der Waals surface area contributed by atoms with Crippen LogP contribution in [0.15, 0.2) is 65.1 Å². The first-order chi connectivity index (χ1) is 17.2. The molecule has 6 heteroatoms. The largest absolute Gasteiger partial charge is 0.451 e. The number of furan rings is 1. The molecule has 1 aliphatic heterocycles. The average Bonchev–Trinajstić information content (AvgIpc) is 3.37. The molecule has 0 unspecified atom stereocenters. The maximum Gasteiger partial charge on any atom is 0.293 e. The topological polar surface area (TPSA) is 74.6 Å². The highest BCUT2D eigenvalue weighted by molar-refractivity contribution is 5.96. The van der Waals surface area contributed by atoms with E-state index >= 15 is 0 Å². The standard InChI is InChI=1S/C29H26N4O2/c30-19-24-22-11-5-6-12-23(22)27(20-8-2-1-3-9-20)31-28(24)32-14-16-33(17-15-32)29(34)26-18-21-10-4-7-13-25(21)35-26/h1-4,7-10,13,18H,5-6,11-12,14-17H2/p+1. The van der Waals surface area contributed by atoms with Crippen LogP contribution in [0.3, 0.4) is 0 Å². The summed E-state index contributed by atoms with van der Waals surface area (Å²) in [7, 11) is 0. The second-order valence-corrected chi connectivity index (χ2v) is 9.29. The van der Waals surface area contributed by atoms with Gasteiger partial charge >= 0.3 is 0 Å². The first kappa shape index (κ1) is 21.4. The first-order valence-electron chi connectivity index (χ1n) is 12.3. The minimum atomic E-state index is -0.0826. The summed E-state index contributed by atoms with van der Waals surface area (Å²) in [4.78, 5) is 20.8. The number of aromatic amines is 1. The number of rotatable bonds is 3. The van der Waals surface area contributed by atoms with Crippen LogP contribution in [0.25, 0.3) is 22.2 Å². The Morgan fingerprint density at radius 3 is 2.37 bits per heavy atom. The minimum Gasteiger partial charge on any atom is -0.451 e. The fraction of sp³-hybridized carbons (Fsp3) is 0.276. The Kier molecular flexibility index (Phi) is 5.46. The fourth-order valence-corrected chi connectivity index (χ4v) is 5.44. The van der Waals surface area contributed by atoms with Gasteiger partial charge in [0.15, 0.2) is 5.76 Å². The molecule has 0 radical (unpaired) electrons. The van der Waals surface area contributed by atoms with Gasteiger partial charge in [0.05, 0.1) is 13.1 Å². The van der Waals surface area contributed by atoms with E-state index in [1.807, 2.05) is 41.3 Å². The molecule has 3 heterocycles. The quantitative estimate of drug-likeness (QED) is 0.444. The first-order valence-corrected chi connectivity index (χ1v) is 12.3. The molecule has 1 amide bonds. The number of carbonyl (C=O) groups is 1. The van der Waals surface area contributed by atoms with Gasteiger partial charge in [-0.15, -0.1) is 0 Å². The van der Waals surface area contributed by atoms with Crippen LogP contribution >= 0.6 is 0 Å². The summed E-state index contributed by atoms with van der Waals surface area (Å²) < 4.78 is 5.80. The molecule has 0 spiro atoms. The highest BCUT2D eigenvalue weighted by Gasteiger charge is 2.34. The number of nitrogens with zero attached hydrogens (tertiary/aromatic N) is 3. The highest BCUT2D eigenvalue weighted by atomic mass is 16.3. The Morgan fingerprint density at radius 2 is 1.63 bits per heavy atom. The van der Waals surface area contributed by atoms with Crippen molar-refractivity contribution >= 4 is 22.7 Å². The molecule has 2 aromatic heterocycles. The maximum absolute atomic E-state index is 13.1. The van der Waals surface area contributed by atoms with E-state index in [4.69, 9.17) is 4.42 Å². The van der Waals surface area contributed by atoms with Gasteiger partial charge in [-0.1, -0.05) is 48.5 Å². The van der Waals surface area contributed by atoms with Crippen LogP contribution in [-0.2, 0) is 12.8 Å². The van der Waals surface area contributed by atoms with E-state index in [0.717, 1.165) is 59.3 Å². The maximum atomic E-state index is 13.1. The number of hydrogen-bond acceptors (Lipinski definition) is 4. The van der Waals surface area contributed by atoms with E-state index in [9.17, 15) is 10.1 Å². The molecule has 6 nitrogen and oxygen atoms in total. The Morgan fingerprint density at radius 1 is 0.914 bits per heavy atom. The molecular weight excluding hydrogens is 436 g/mol. The van der Waals surface area contributed by atoms with Crippen molar-refractivity contribution in [2.75, 3.05) is 31.1 Å². The zero-order valence-corrected chi connectivity index (χ0v) is 19.6. The number of pyridine rings is 1. The fourth-order valence-electron chi connectivity index (χ4n) is 5.44. The smallest absolute Gasteiger partial charge is 0.293 e. The molecule has 1 saturated heterocycles. The third-order valence-electron chi connectivity index (χ3n) is 7.25. The summed E-state index contributed by atoms with van der Waals surface area (Å²) >= 11 is 0. The monoisotopic (exact) mass is 463 g/mol. The van der Waals surface area contributed by atoms with Crippen molar-refractivity contribution in [3.8, 4) is 17.3 Å². The molecule has 1 N–H and O–H groups in total. The average molecular weight is 464 g/mol. The van der Waals surface area contributed by atoms with Crippen molar-refractivity contribution in [1.29, 1.82) is 5.26 Å². The van der Waals surface area contributed by atoms with Crippen molar-refractivity contribution < 1.29 is 14.2 Å². The zero-order chi connectivity index (χ0) is 23.8. The number of H-pyrrole nitrogens is 1. The van der Waals surface area contributed by atoms with Crippen LogP contribution in [0.5, 0.6) is 0 Å².